The summed E-state index contributed by atoms with van der Waals surface area (Å²) in [5.41, 5.74) is -0.168. The van der Waals surface area contributed by atoms with Crippen molar-refractivity contribution < 1.29 is 18.0 Å². The highest BCUT2D eigenvalue weighted by Crippen LogP contribution is 2.32. The van der Waals surface area contributed by atoms with Gasteiger partial charge in [-0.2, -0.15) is 13.2 Å². The quantitative estimate of drug-likeness (QED) is 0.899. The number of carbonyl (C=O) groups excluding carboxylic acids is 1. The summed E-state index contributed by atoms with van der Waals surface area (Å²) in [6.45, 7) is 5.56. The smallest absolute Gasteiger partial charge is 0.336 e. The second-order valence-electron chi connectivity index (χ2n) is 5.61. The Morgan fingerprint density at radius 3 is 2.65 bits per heavy atom. The Morgan fingerprint density at radius 1 is 1.43 bits per heavy atom. The van der Waals surface area contributed by atoms with E-state index >= 15 is 0 Å². The van der Waals surface area contributed by atoms with Crippen LogP contribution in [0.5, 0.6) is 0 Å². The van der Waals surface area contributed by atoms with Gasteiger partial charge >= 0.3 is 6.18 Å². The van der Waals surface area contributed by atoms with Crippen LogP contribution in [-0.2, 0) is 11.0 Å². The Balaban J connectivity index is 0.00000264. The van der Waals surface area contributed by atoms with Crippen LogP contribution < -0.4 is 5.32 Å². The van der Waals surface area contributed by atoms with E-state index in [1.165, 1.54) is 6.07 Å². The molecule has 1 fully saturated rings. The van der Waals surface area contributed by atoms with E-state index in [1.807, 2.05) is 6.92 Å². The van der Waals surface area contributed by atoms with Crippen LogP contribution in [0.4, 0.5) is 13.2 Å². The third-order valence-corrected chi connectivity index (χ3v) is 4.20. The first-order valence-corrected chi connectivity index (χ1v) is 7.53. The number of hydrogen-bond donors (Lipinski definition) is 1. The van der Waals surface area contributed by atoms with Crippen molar-refractivity contribution in [2.45, 2.75) is 32.5 Å². The molecule has 1 N–H and O–H groups in total. The average Bonchev–Trinajstić information content (AvgIpc) is 3.01. The first kappa shape index (κ1) is 19.8. The molecule has 1 heterocycles. The van der Waals surface area contributed by atoms with Crippen molar-refractivity contribution >= 4 is 18.3 Å². The van der Waals surface area contributed by atoms with Crippen LogP contribution in [0.3, 0.4) is 0 Å². The number of nitrogens with one attached hydrogen (secondary N) is 1. The largest absolute Gasteiger partial charge is 0.416 e. The highest BCUT2D eigenvalue weighted by molar-refractivity contribution is 5.85. The number of hydrogen-bond acceptors (Lipinski definition) is 2. The zero-order chi connectivity index (χ0) is 16.3. The molecule has 2 rings (SSSR count). The minimum atomic E-state index is -4.37. The van der Waals surface area contributed by atoms with Gasteiger partial charge < -0.3 is 10.2 Å². The van der Waals surface area contributed by atoms with Gasteiger partial charge in [0.2, 0.25) is 5.91 Å². The third kappa shape index (κ3) is 4.61. The van der Waals surface area contributed by atoms with Gasteiger partial charge in [-0.25, -0.2) is 0 Å². The molecule has 7 heteroatoms. The third-order valence-electron chi connectivity index (χ3n) is 4.20. The molecule has 0 bridgehead atoms. The number of alkyl halides is 3. The van der Waals surface area contributed by atoms with Gasteiger partial charge in [0.05, 0.1) is 17.5 Å². The lowest BCUT2D eigenvalue weighted by atomic mass is 10.0. The number of benzene rings is 1. The molecule has 0 radical (unpaired) electrons. The fourth-order valence-electron chi connectivity index (χ4n) is 2.88. The Morgan fingerprint density at radius 2 is 2.13 bits per heavy atom. The van der Waals surface area contributed by atoms with E-state index in [-0.39, 0.29) is 30.3 Å². The van der Waals surface area contributed by atoms with Gasteiger partial charge in [0.1, 0.15) is 0 Å². The van der Waals surface area contributed by atoms with Crippen LogP contribution in [-0.4, -0.2) is 30.4 Å². The number of rotatable bonds is 4. The molecule has 2 atom stereocenters. The van der Waals surface area contributed by atoms with Crippen molar-refractivity contribution in [3.8, 4) is 0 Å². The van der Waals surface area contributed by atoms with Crippen LogP contribution in [0.2, 0.25) is 0 Å². The van der Waals surface area contributed by atoms with E-state index < -0.39 is 11.7 Å². The van der Waals surface area contributed by atoms with Crippen molar-refractivity contribution in [1.82, 2.24) is 10.2 Å². The van der Waals surface area contributed by atoms with Crippen molar-refractivity contribution in [1.29, 1.82) is 0 Å². The molecule has 0 saturated carbocycles. The predicted molar refractivity (Wildman–Crippen MR) is 85.5 cm³/mol. The minimum absolute atomic E-state index is 0. The van der Waals surface area contributed by atoms with E-state index in [9.17, 15) is 18.0 Å². The average molecular weight is 351 g/mol. The van der Waals surface area contributed by atoms with Crippen LogP contribution in [0, 0.1) is 5.92 Å². The van der Waals surface area contributed by atoms with Gasteiger partial charge in [0.25, 0.3) is 0 Å². The molecule has 0 aromatic heterocycles. The van der Waals surface area contributed by atoms with Crippen LogP contribution >= 0.6 is 12.4 Å². The van der Waals surface area contributed by atoms with E-state index in [1.54, 1.807) is 17.9 Å². The van der Waals surface area contributed by atoms with E-state index in [2.05, 4.69) is 5.32 Å². The Bertz CT molecular complexity index is 530. The van der Waals surface area contributed by atoms with Gasteiger partial charge in [-0.05, 0) is 44.5 Å². The molecule has 1 aromatic rings. The van der Waals surface area contributed by atoms with Crippen LogP contribution in [0.15, 0.2) is 24.3 Å². The Kier molecular flexibility index (Phi) is 6.89. The summed E-state index contributed by atoms with van der Waals surface area (Å²) in [7, 11) is 0. The highest BCUT2D eigenvalue weighted by atomic mass is 35.5. The predicted octanol–water partition coefficient (Wildman–Crippen LogP) is 3.65. The summed E-state index contributed by atoms with van der Waals surface area (Å²) >= 11 is 0. The second kappa shape index (κ2) is 8.02. The van der Waals surface area contributed by atoms with Crippen LogP contribution in [0.25, 0.3) is 0 Å². The molecular weight excluding hydrogens is 329 g/mol. The van der Waals surface area contributed by atoms with Crippen molar-refractivity contribution in [2.75, 3.05) is 19.6 Å². The summed E-state index contributed by atoms with van der Waals surface area (Å²) < 4.78 is 38.5. The number of halogens is 4. The summed E-state index contributed by atoms with van der Waals surface area (Å²) in [5, 5.41) is 3.14. The maximum atomic E-state index is 12.8. The molecule has 1 aliphatic heterocycles. The van der Waals surface area contributed by atoms with Gasteiger partial charge in [-0.1, -0.05) is 12.1 Å². The van der Waals surface area contributed by atoms with E-state index in [0.29, 0.717) is 18.7 Å². The van der Waals surface area contributed by atoms with Gasteiger partial charge in [0.15, 0.2) is 0 Å². The number of carbonyl (C=O) groups is 1. The summed E-state index contributed by atoms with van der Waals surface area (Å²) in [6.07, 6.45) is -3.59. The summed E-state index contributed by atoms with van der Waals surface area (Å²) in [4.78, 5) is 14.2. The first-order valence-electron chi connectivity index (χ1n) is 7.53. The summed E-state index contributed by atoms with van der Waals surface area (Å²) in [6, 6.07) is 4.84. The van der Waals surface area contributed by atoms with Crippen molar-refractivity contribution in [3.05, 3.63) is 35.4 Å². The standard InChI is InChI=1S/C16H21F3N2O.ClH/c1-3-21(15(22)13-7-8-20-10-13)11(2)12-5-4-6-14(9-12)16(17,18)19;/h4-6,9,11,13,20H,3,7-8,10H2,1-2H3;1H. The molecule has 1 amide bonds. The normalized spacial score (nSPS) is 19.1. The first-order chi connectivity index (χ1) is 10.3. The fourth-order valence-corrected chi connectivity index (χ4v) is 2.88. The van der Waals surface area contributed by atoms with Gasteiger partial charge in [-0.3, -0.25) is 4.79 Å². The number of nitrogens with zero attached hydrogens (tertiary/aromatic N) is 1. The number of amides is 1. The molecule has 130 valence electrons. The summed E-state index contributed by atoms with van der Waals surface area (Å²) in [5.74, 6) is -0.0642. The topological polar surface area (TPSA) is 32.3 Å². The van der Waals surface area contributed by atoms with E-state index in [0.717, 1.165) is 25.1 Å². The van der Waals surface area contributed by atoms with Crippen molar-refractivity contribution in [3.63, 3.8) is 0 Å². The van der Waals surface area contributed by atoms with Gasteiger partial charge in [0, 0.05) is 13.1 Å². The lowest BCUT2D eigenvalue weighted by molar-refractivity contribution is -0.137. The fraction of sp³-hybridized carbons (Fsp3) is 0.562. The van der Waals surface area contributed by atoms with E-state index in [4.69, 9.17) is 0 Å². The molecule has 2 unspecified atom stereocenters. The molecule has 0 aliphatic carbocycles. The molecular formula is C16H22ClF3N2O. The molecule has 23 heavy (non-hydrogen) atoms. The molecule has 0 spiro atoms. The van der Waals surface area contributed by atoms with Crippen LogP contribution in [0.1, 0.15) is 37.4 Å². The minimum Gasteiger partial charge on any atom is -0.336 e. The maximum Gasteiger partial charge on any atom is 0.416 e. The van der Waals surface area contributed by atoms with Crippen molar-refractivity contribution in [2.24, 2.45) is 5.92 Å². The Hall–Kier alpha value is -1.27. The molecule has 1 aromatic carbocycles. The lowest BCUT2D eigenvalue weighted by Crippen LogP contribution is -2.38. The highest BCUT2D eigenvalue weighted by Gasteiger charge is 2.33. The zero-order valence-corrected chi connectivity index (χ0v) is 14.0. The second-order valence-corrected chi connectivity index (χ2v) is 5.61. The zero-order valence-electron chi connectivity index (χ0n) is 13.2. The monoisotopic (exact) mass is 350 g/mol. The molecule has 3 nitrogen and oxygen atoms in total. The molecule has 1 aliphatic rings. The molecule has 1 saturated heterocycles. The SMILES string of the molecule is CCN(C(=O)C1CCNC1)C(C)c1cccc(C(F)(F)F)c1.Cl. The maximum absolute atomic E-state index is 12.8. The van der Waals surface area contributed by atoms with Gasteiger partial charge in [-0.15, -0.1) is 12.4 Å². The lowest BCUT2D eigenvalue weighted by Gasteiger charge is -2.31. The Labute approximate surface area is 140 Å².